The van der Waals surface area contributed by atoms with E-state index >= 15 is 0 Å². The molecule has 0 fully saturated rings. The molecule has 116 valence electrons. The molecule has 0 aliphatic carbocycles. The van der Waals surface area contributed by atoms with Crippen molar-refractivity contribution in [3.05, 3.63) is 35.4 Å². The summed E-state index contributed by atoms with van der Waals surface area (Å²) >= 11 is 0. The minimum absolute atomic E-state index is 0.0435. The van der Waals surface area contributed by atoms with Crippen molar-refractivity contribution >= 4 is 31.0 Å². The Balaban J connectivity index is 2.62. The fraction of sp³-hybridized carbons (Fsp3) is 0.467. The summed E-state index contributed by atoms with van der Waals surface area (Å²) in [5, 5.41) is 9.33. The van der Waals surface area contributed by atoms with Gasteiger partial charge >= 0.3 is 0 Å². The Kier molecular flexibility index (Phi) is 4.38. The van der Waals surface area contributed by atoms with Gasteiger partial charge in [-0.25, -0.2) is 8.42 Å². The minimum Gasteiger partial charge on any atom is -0.392 e. The summed E-state index contributed by atoms with van der Waals surface area (Å²) in [5.74, 6) is -0.193. The molecule has 0 spiro atoms. The summed E-state index contributed by atoms with van der Waals surface area (Å²) in [7, 11) is 1.81. The third kappa shape index (κ3) is 3.42. The van der Waals surface area contributed by atoms with Crippen molar-refractivity contribution in [1.82, 2.24) is 0 Å². The van der Waals surface area contributed by atoms with Crippen LogP contribution in [0.25, 0.3) is 5.57 Å². The molecule has 4 nitrogen and oxygen atoms in total. The van der Waals surface area contributed by atoms with Gasteiger partial charge in [0.25, 0.3) is 0 Å². The zero-order valence-electron chi connectivity index (χ0n) is 12.4. The second kappa shape index (κ2) is 5.63. The van der Waals surface area contributed by atoms with E-state index < -0.39 is 9.05 Å². The summed E-state index contributed by atoms with van der Waals surface area (Å²) in [6.45, 7) is 6.86. The molecule has 0 unspecified atom stereocenters. The summed E-state index contributed by atoms with van der Waals surface area (Å²) in [6, 6.07) is 5.57. The van der Waals surface area contributed by atoms with Crippen molar-refractivity contribution in [2.45, 2.75) is 32.9 Å². The molecule has 1 aromatic rings. The lowest BCUT2D eigenvalue weighted by Gasteiger charge is -2.43. The van der Waals surface area contributed by atoms with Crippen molar-refractivity contribution in [2.24, 2.45) is 0 Å². The number of hydrogen-bond donors (Lipinski definition) is 1. The van der Waals surface area contributed by atoms with Crippen LogP contribution >= 0.6 is 10.7 Å². The van der Waals surface area contributed by atoms with Gasteiger partial charge in [0.2, 0.25) is 9.05 Å². The predicted octanol–water partition coefficient (Wildman–Crippen LogP) is 2.75. The van der Waals surface area contributed by atoms with E-state index in [1.165, 1.54) is 0 Å². The van der Waals surface area contributed by atoms with E-state index in [2.05, 4.69) is 4.90 Å². The van der Waals surface area contributed by atoms with Crippen LogP contribution in [0.2, 0.25) is 0 Å². The normalized spacial score (nSPS) is 17.4. The molecule has 0 atom stereocenters. The minimum atomic E-state index is -3.62. The van der Waals surface area contributed by atoms with Gasteiger partial charge in [-0.15, -0.1) is 0 Å². The molecule has 0 saturated carbocycles. The van der Waals surface area contributed by atoms with Gasteiger partial charge in [-0.3, -0.25) is 0 Å². The molecule has 2 rings (SSSR count). The van der Waals surface area contributed by atoms with Crippen LogP contribution in [0, 0.1) is 0 Å². The Hall–Kier alpha value is -1.04. The molecule has 0 amide bonds. The fourth-order valence-corrected chi connectivity index (χ4v) is 3.91. The smallest absolute Gasteiger partial charge is 0.236 e. The lowest BCUT2D eigenvalue weighted by atomic mass is 9.88. The molecular weight excluding hydrogens is 310 g/mol. The van der Waals surface area contributed by atoms with E-state index in [0.29, 0.717) is 5.57 Å². The van der Waals surface area contributed by atoms with Crippen LogP contribution in [0.3, 0.4) is 0 Å². The zero-order chi connectivity index (χ0) is 15.8. The van der Waals surface area contributed by atoms with Crippen molar-refractivity contribution in [2.75, 3.05) is 17.2 Å². The molecule has 0 aromatic heterocycles. The molecule has 6 heteroatoms. The molecular formula is C15H20ClNO3S. The highest BCUT2D eigenvalue weighted by Gasteiger charge is 2.32. The fourth-order valence-electron chi connectivity index (χ4n) is 2.95. The van der Waals surface area contributed by atoms with Crippen LogP contribution in [0.15, 0.2) is 24.3 Å². The van der Waals surface area contributed by atoms with E-state index in [4.69, 9.17) is 10.7 Å². The van der Waals surface area contributed by atoms with Crippen molar-refractivity contribution in [1.29, 1.82) is 0 Å². The number of aliphatic hydroxyl groups excluding tert-OH is 1. The first-order valence-corrected chi connectivity index (χ1v) is 9.31. The van der Waals surface area contributed by atoms with E-state index in [1.807, 2.05) is 39.0 Å². The number of fused-ring (bicyclic) bond motifs is 1. The number of hydrogen-bond acceptors (Lipinski definition) is 4. The Morgan fingerprint density at radius 3 is 2.52 bits per heavy atom. The van der Waals surface area contributed by atoms with E-state index in [9.17, 15) is 13.5 Å². The van der Waals surface area contributed by atoms with Gasteiger partial charge in [0, 0.05) is 28.5 Å². The maximum atomic E-state index is 11.5. The molecule has 0 radical (unpaired) electrons. The number of benzene rings is 1. The van der Waals surface area contributed by atoms with E-state index in [-0.39, 0.29) is 17.9 Å². The third-order valence-electron chi connectivity index (χ3n) is 3.75. The van der Waals surface area contributed by atoms with Crippen LogP contribution in [0.1, 0.15) is 31.9 Å². The van der Waals surface area contributed by atoms with Crippen LogP contribution in [-0.2, 0) is 15.7 Å². The summed E-state index contributed by atoms with van der Waals surface area (Å²) in [6.07, 6.45) is 1.96. The quantitative estimate of drug-likeness (QED) is 0.863. The second-order valence-corrected chi connectivity index (χ2v) is 8.54. The molecule has 0 bridgehead atoms. The predicted molar refractivity (Wildman–Crippen MR) is 87.1 cm³/mol. The number of likely N-dealkylation sites (N-methyl/N-ethyl adjacent to an activating group) is 1. The van der Waals surface area contributed by atoms with Gasteiger partial charge in [-0.05, 0) is 38.0 Å². The van der Waals surface area contributed by atoms with Crippen molar-refractivity contribution in [3.8, 4) is 0 Å². The number of halogens is 1. The number of rotatable bonds is 4. The van der Waals surface area contributed by atoms with Gasteiger partial charge in [0.1, 0.15) is 0 Å². The standard InChI is InChI=1S/C15H20ClNO3S/c1-4-17-14-7-11(9-18)5-6-13(14)12(8-15(17,2)3)10-21(16,19)20/h5-8,18H,4,9-10H2,1-3H3. The largest absolute Gasteiger partial charge is 0.392 e. The zero-order valence-corrected chi connectivity index (χ0v) is 14.0. The van der Waals surface area contributed by atoms with Gasteiger partial charge < -0.3 is 10.0 Å². The average Bonchev–Trinajstić information content (AvgIpc) is 2.35. The van der Waals surface area contributed by atoms with Crippen LogP contribution in [0.4, 0.5) is 5.69 Å². The first-order chi connectivity index (χ1) is 9.68. The Bertz CT molecular complexity index is 680. The number of aliphatic hydroxyl groups is 1. The number of anilines is 1. The molecule has 1 N–H and O–H groups in total. The molecule has 1 aliphatic rings. The van der Waals surface area contributed by atoms with Crippen LogP contribution < -0.4 is 4.90 Å². The van der Waals surface area contributed by atoms with Crippen molar-refractivity contribution < 1.29 is 13.5 Å². The summed E-state index contributed by atoms with van der Waals surface area (Å²) in [5.41, 5.74) is 2.99. The van der Waals surface area contributed by atoms with E-state index in [0.717, 1.165) is 23.4 Å². The molecule has 1 aliphatic heterocycles. The topological polar surface area (TPSA) is 57.6 Å². The van der Waals surface area contributed by atoms with Gasteiger partial charge in [-0.1, -0.05) is 18.2 Å². The lowest BCUT2D eigenvalue weighted by Crippen LogP contribution is -2.45. The average molecular weight is 330 g/mol. The maximum absolute atomic E-state index is 11.5. The lowest BCUT2D eigenvalue weighted by molar-refractivity contribution is 0.282. The van der Waals surface area contributed by atoms with Gasteiger partial charge in [-0.2, -0.15) is 0 Å². The monoisotopic (exact) mass is 329 g/mol. The molecule has 0 saturated heterocycles. The Morgan fingerprint density at radius 2 is 2.00 bits per heavy atom. The van der Waals surface area contributed by atoms with E-state index in [1.54, 1.807) is 6.07 Å². The van der Waals surface area contributed by atoms with Gasteiger partial charge in [0.15, 0.2) is 0 Å². The van der Waals surface area contributed by atoms with Crippen LogP contribution in [-0.4, -0.2) is 31.4 Å². The van der Waals surface area contributed by atoms with Gasteiger partial charge in [0.05, 0.1) is 17.9 Å². The van der Waals surface area contributed by atoms with Crippen LogP contribution in [0.5, 0.6) is 0 Å². The first-order valence-electron chi connectivity index (χ1n) is 6.84. The summed E-state index contributed by atoms with van der Waals surface area (Å²) < 4.78 is 22.9. The third-order valence-corrected chi connectivity index (χ3v) is 4.73. The highest BCUT2D eigenvalue weighted by atomic mass is 35.7. The second-order valence-electron chi connectivity index (χ2n) is 5.76. The summed E-state index contributed by atoms with van der Waals surface area (Å²) in [4.78, 5) is 2.19. The molecule has 1 heterocycles. The highest BCUT2D eigenvalue weighted by Crippen LogP contribution is 2.40. The first kappa shape index (κ1) is 16.3. The Morgan fingerprint density at radius 1 is 1.33 bits per heavy atom. The highest BCUT2D eigenvalue weighted by molar-refractivity contribution is 8.14. The molecule has 21 heavy (non-hydrogen) atoms. The SMILES string of the molecule is CCN1c2cc(CO)ccc2C(CS(=O)(=O)Cl)=CC1(C)C. The Labute approximate surface area is 130 Å². The molecule has 1 aromatic carbocycles. The van der Waals surface area contributed by atoms with Crippen molar-refractivity contribution in [3.63, 3.8) is 0 Å². The maximum Gasteiger partial charge on any atom is 0.236 e. The number of nitrogens with zero attached hydrogens (tertiary/aromatic N) is 1.